The van der Waals surface area contributed by atoms with Crippen LogP contribution in [0.4, 0.5) is 0 Å². The number of hydrogen-bond acceptors (Lipinski definition) is 3. The standard InChI is InChI=1S/C13H21NO2/c1-2-16-9-8-13(10-14,11-15)12-6-4-3-5-7-12/h3-7,15H,2,8-11,14H2,1H3. The van der Waals surface area contributed by atoms with E-state index in [2.05, 4.69) is 0 Å². The summed E-state index contributed by atoms with van der Waals surface area (Å²) in [4.78, 5) is 0. The second-order valence-electron chi connectivity index (χ2n) is 3.96. The Balaban J connectivity index is 2.79. The predicted octanol–water partition coefficient (Wildman–Crippen LogP) is 1.30. The lowest BCUT2D eigenvalue weighted by molar-refractivity contribution is 0.103. The number of nitrogens with two attached hydrogens (primary N) is 1. The van der Waals surface area contributed by atoms with E-state index < -0.39 is 0 Å². The highest BCUT2D eigenvalue weighted by Gasteiger charge is 2.29. The Kier molecular flexibility index (Phi) is 5.46. The number of hydrogen-bond donors (Lipinski definition) is 2. The zero-order valence-electron chi connectivity index (χ0n) is 9.86. The average molecular weight is 223 g/mol. The Morgan fingerprint density at radius 3 is 2.50 bits per heavy atom. The lowest BCUT2D eigenvalue weighted by atomic mass is 9.78. The molecule has 3 N–H and O–H groups in total. The Labute approximate surface area is 97.2 Å². The van der Waals surface area contributed by atoms with Crippen LogP contribution < -0.4 is 5.73 Å². The van der Waals surface area contributed by atoms with Gasteiger partial charge in [-0.1, -0.05) is 30.3 Å². The monoisotopic (exact) mass is 223 g/mol. The Bertz CT molecular complexity index is 283. The Morgan fingerprint density at radius 1 is 1.31 bits per heavy atom. The molecule has 0 saturated heterocycles. The molecule has 0 aliphatic carbocycles. The van der Waals surface area contributed by atoms with Crippen molar-refractivity contribution >= 4 is 0 Å². The highest BCUT2D eigenvalue weighted by Crippen LogP contribution is 2.26. The molecule has 3 nitrogen and oxygen atoms in total. The number of rotatable bonds is 7. The van der Waals surface area contributed by atoms with Crippen molar-refractivity contribution in [3.8, 4) is 0 Å². The van der Waals surface area contributed by atoms with Crippen molar-refractivity contribution < 1.29 is 9.84 Å². The molecule has 1 unspecified atom stereocenters. The van der Waals surface area contributed by atoms with Crippen molar-refractivity contribution in [2.24, 2.45) is 5.73 Å². The molecule has 1 atom stereocenters. The van der Waals surface area contributed by atoms with E-state index in [9.17, 15) is 5.11 Å². The van der Waals surface area contributed by atoms with Crippen LogP contribution in [0.3, 0.4) is 0 Å². The first kappa shape index (κ1) is 13.2. The van der Waals surface area contributed by atoms with Gasteiger partial charge in [-0.25, -0.2) is 0 Å². The van der Waals surface area contributed by atoms with Gasteiger partial charge in [-0.05, 0) is 18.9 Å². The van der Waals surface area contributed by atoms with E-state index in [4.69, 9.17) is 10.5 Å². The zero-order valence-corrected chi connectivity index (χ0v) is 9.86. The molecular formula is C13H21NO2. The molecule has 0 fully saturated rings. The van der Waals surface area contributed by atoms with Gasteiger partial charge in [0.25, 0.3) is 0 Å². The van der Waals surface area contributed by atoms with Crippen LogP contribution in [0.25, 0.3) is 0 Å². The SMILES string of the molecule is CCOCCC(CN)(CO)c1ccccc1. The third-order valence-electron chi connectivity index (χ3n) is 3.01. The first-order chi connectivity index (χ1) is 7.79. The van der Waals surface area contributed by atoms with E-state index in [0.717, 1.165) is 12.0 Å². The molecule has 0 amide bonds. The summed E-state index contributed by atoms with van der Waals surface area (Å²) in [5.74, 6) is 0. The van der Waals surface area contributed by atoms with Gasteiger partial charge in [-0.15, -0.1) is 0 Å². The molecule has 1 rings (SSSR count). The molecule has 0 aromatic heterocycles. The predicted molar refractivity (Wildman–Crippen MR) is 65.4 cm³/mol. The van der Waals surface area contributed by atoms with Gasteiger partial charge in [-0.3, -0.25) is 0 Å². The normalized spacial score (nSPS) is 14.7. The van der Waals surface area contributed by atoms with Crippen LogP contribution in [0.5, 0.6) is 0 Å². The van der Waals surface area contributed by atoms with Gasteiger partial charge < -0.3 is 15.6 Å². The molecule has 1 aromatic rings. The highest BCUT2D eigenvalue weighted by molar-refractivity contribution is 5.26. The molecule has 0 spiro atoms. The second-order valence-corrected chi connectivity index (χ2v) is 3.96. The third kappa shape index (κ3) is 3.04. The fourth-order valence-electron chi connectivity index (χ4n) is 1.80. The minimum Gasteiger partial charge on any atom is -0.395 e. The first-order valence-corrected chi connectivity index (χ1v) is 5.73. The van der Waals surface area contributed by atoms with Gasteiger partial charge in [0.15, 0.2) is 0 Å². The zero-order chi connectivity index (χ0) is 11.9. The summed E-state index contributed by atoms with van der Waals surface area (Å²) in [5.41, 5.74) is 6.54. The summed E-state index contributed by atoms with van der Waals surface area (Å²) >= 11 is 0. The van der Waals surface area contributed by atoms with Gasteiger partial charge in [0, 0.05) is 25.2 Å². The van der Waals surface area contributed by atoms with Crippen molar-refractivity contribution in [3.05, 3.63) is 35.9 Å². The Morgan fingerprint density at radius 2 is 2.00 bits per heavy atom. The summed E-state index contributed by atoms with van der Waals surface area (Å²) in [5, 5.41) is 9.59. The summed E-state index contributed by atoms with van der Waals surface area (Å²) < 4.78 is 5.35. The minimum atomic E-state index is -0.365. The molecule has 0 aliphatic rings. The summed E-state index contributed by atoms with van der Waals surface area (Å²) in [7, 11) is 0. The quantitative estimate of drug-likeness (QED) is 0.685. The maximum atomic E-state index is 9.59. The van der Waals surface area contributed by atoms with Crippen molar-refractivity contribution in [1.82, 2.24) is 0 Å². The molecule has 3 heteroatoms. The second kappa shape index (κ2) is 6.63. The third-order valence-corrected chi connectivity index (χ3v) is 3.01. The fourth-order valence-corrected chi connectivity index (χ4v) is 1.80. The first-order valence-electron chi connectivity index (χ1n) is 5.73. The van der Waals surface area contributed by atoms with E-state index in [1.54, 1.807) is 0 Å². The number of benzene rings is 1. The molecular weight excluding hydrogens is 202 g/mol. The number of aliphatic hydroxyl groups excluding tert-OH is 1. The van der Waals surface area contributed by atoms with Gasteiger partial charge in [-0.2, -0.15) is 0 Å². The van der Waals surface area contributed by atoms with Crippen LogP contribution >= 0.6 is 0 Å². The lowest BCUT2D eigenvalue weighted by Crippen LogP contribution is -2.40. The summed E-state index contributed by atoms with van der Waals surface area (Å²) in [6, 6.07) is 9.92. The largest absolute Gasteiger partial charge is 0.395 e. The molecule has 0 saturated carbocycles. The molecule has 0 aliphatic heterocycles. The van der Waals surface area contributed by atoms with Gasteiger partial charge in [0.2, 0.25) is 0 Å². The van der Waals surface area contributed by atoms with Gasteiger partial charge in [0.1, 0.15) is 0 Å². The average Bonchev–Trinajstić information content (AvgIpc) is 2.36. The number of aliphatic hydroxyl groups is 1. The molecule has 0 heterocycles. The van der Waals surface area contributed by atoms with Crippen LogP contribution in [0.15, 0.2) is 30.3 Å². The van der Waals surface area contributed by atoms with Crippen molar-refractivity contribution in [2.45, 2.75) is 18.8 Å². The van der Waals surface area contributed by atoms with E-state index in [0.29, 0.717) is 19.8 Å². The summed E-state index contributed by atoms with van der Waals surface area (Å²) in [6.07, 6.45) is 0.748. The summed E-state index contributed by atoms with van der Waals surface area (Å²) in [6.45, 7) is 3.77. The fraction of sp³-hybridized carbons (Fsp3) is 0.538. The van der Waals surface area contributed by atoms with Crippen LogP contribution in [-0.4, -0.2) is 31.5 Å². The topological polar surface area (TPSA) is 55.5 Å². The van der Waals surface area contributed by atoms with E-state index in [1.807, 2.05) is 37.3 Å². The van der Waals surface area contributed by atoms with E-state index in [1.165, 1.54) is 0 Å². The highest BCUT2D eigenvalue weighted by atomic mass is 16.5. The maximum absolute atomic E-state index is 9.59. The van der Waals surface area contributed by atoms with Crippen LogP contribution in [0, 0.1) is 0 Å². The number of ether oxygens (including phenoxy) is 1. The smallest absolute Gasteiger partial charge is 0.0541 e. The van der Waals surface area contributed by atoms with Crippen LogP contribution in [0.2, 0.25) is 0 Å². The van der Waals surface area contributed by atoms with Crippen molar-refractivity contribution in [1.29, 1.82) is 0 Å². The molecule has 16 heavy (non-hydrogen) atoms. The molecule has 0 radical (unpaired) electrons. The van der Waals surface area contributed by atoms with E-state index in [-0.39, 0.29) is 12.0 Å². The van der Waals surface area contributed by atoms with Gasteiger partial charge >= 0.3 is 0 Å². The van der Waals surface area contributed by atoms with Gasteiger partial charge in [0.05, 0.1) is 6.61 Å². The maximum Gasteiger partial charge on any atom is 0.0541 e. The molecule has 90 valence electrons. The van der Waals surface area contributed by atoms with Crippen LogP contribution in [0.1, 0.15) is 18.9 Å². The minimum absolute atomic E-state index is 0.0561. The van der Waals surface area contributed by atoms with Crippen molar-refractivity contribution in [3.63, 3.8) is 0 Å². The van der Waals surface area contributed by atoms with E-state index >= 15 is 0 Å². The Hall–Kier alpha value is -0.900. The lowest BCUT2D eigenvalue weighted by Gasteiger charge is -2.31. The molecule has 1 aromatic carbocycles. The molecule has 0 bridgehead atoms. The van der Waals surface area contributed by atoms with Crippen molar-refractivity contribution in [2.75, 3.05) is 26.4 Å². The van der Waals surface area contributed by atoms with Crippen LogP contribution in [-0.2, 0) is 10.2 Å².